The lowest BCUT2D eigenvalue weighted by Gasteiger charge is -2.00. The van der Waals surface area contributed by atoms with Gasteiger partial charge in [0.2, 0.25) is 0 Å². The number of hydrogen-bond acceptors (Lipinski definition) is 4. The van der Waals surface area contributed by atoms with Crippen LogP contribution in [0.1, 0.15) is 5.69 Å². The molecule has 0 bridgehead atoms. The molecule has 0 aliphatic carbocycles. The van der Waals surface area contributed by atoms with Gasteiger partial charge in [0.15, 0.2) is 5.17 Å². The second kappa shape index (κ2) is 5.25. The summed E-state index contributed by atoms with van der Waals surface area (Å²) in [6.07, 6.45) is 0.317. The van der Waals surface area contributed by atoms with Crippen molar-refractivity contribution in [1.29, 1.82) is 5.26 Å². The molecule has 14 heavy (non-hydrogen) atoms. The van der Waals surface area contributed by atoms with Crippen molar-refractivity contribution in [1.82, 2.24) is 4.98 Å². The second-order valence-electron chi connectivity index (χ2n) is 2.47. The van der Waals surface area contributed by atoms with E-state index in [0.29, 0.717) is 11.6 Å². The molecule has 0 aliphatic heterocycles. The summed E-state index contributed by atoms with van der Waals surface area (Å²) >= 11 is 1.29. The van der Waals surface area contributed by atoms with Gasteiger partial charge in [0.1, 0.15) is 5.03 Å². The second-order valence-corrected chi connectivity index (χ2v) is 3.51. The van der Waals surface area contributed by atoms with Crippen molar-refractivity contribution in [3.05, 3.63) is 23.9 Å². The van der Waals surface area contributed by atoms with Gasteiger partial charge < -0.3 is 5.73 Å². The van der Waals surface area contributed by atoms with E-state index >= 15 is 0 Å². The van der Waals surface area contributed by atoms with E-state index in [4.69, 9.17) is 11.0 Å². The van der Waals surface area contributed by atoms with Crippen molar-refractivity contribution in [2.75, 3.05) is 7.05 Å². The lowest BCUT2D eigenvalue weighted by molar-refractivity contribution is 1.02. The van der Waals surface area contributed by atoms with Crippen molar-refractivity contribution in [2.24, 2.45) is 10.7 Å². The number of aromatic nitrogens is 1. The zero-order valence-corrected chi connectivity index (χ0v) is 8.58. The monoisotopic (exact) mass is 206 g/mol. The SMILES string of the molecule is CN=C(N)Sc1cccc(CC#N)n1. The number of aliphatic imine (C=N–C) groups is 1. The Morgan fingerprint density at radius 1 is 1.71 bits per heavy atom. The first-order chi connectivity index (χ1) is 6.76. The smallest absolute Gasteiger partial charge is 0.160 e. The van der Waals surface area contributed by atoms with E-state index in [1.165, 1.54) is 11.8 Å². The Morgan fingerprint density at radius 2 is 2.50 bits per heavy atom. The molecule has 72 valence electrons. The minimum absolute atomic E-state index is 0.317. The number of amidine groups is 1. The standard InChI is InChI=1S/C9H10N4S/c1-12-9(11)14-8-4-2-3-7(13-8)5-6-10/h2-4H,5H2,1H3,(H2,11,12). The Kier molecular flexibility index (Phi) is 3.95. The lowest BCUT2D eigenvalue weighted by atomic mass is 10.3. The molecule has 0 spiro atoms. The molecule has 1 aromatic rings. The molecular formula is C9H10N4S. The van der Waals surface area contributed by atoms with Crippen LogP contribution in [0.15, 0.2) is 28.2 Å². The van der Waals surface area contributed by atoms with E-state index in [0.717, 1.165) is 10.7 Å². The fourth-order valence-electron chi connectivity index (χ4n) is 0.847. The quantitative estimate of drug-likeness (QED) is 0.448. The molecule has 1 aromatic heterocycles. The minimum atomic E-state index is 0.317. The summed E-state index contributed by atoms with van der Waals surface area (Å²) in [4.78, 5) is 8.04. The molecule has 0 aromatic carbocycles. The first kappa shape index (κ1) is 10.5. The highest BCUT2D eigenvalue weighted by molar-refractivity contribution is 8.13. The molecular weight excluding hydrogens is 196 g/mol. The molecule has 2 N–H and O–H groups in total. The van der Waals surface area contributed by atoms with Crippen LogP contribution in [0.4, 0.5) is 0 Å². The van der Waals surface area contributed by atoms with Gasteiger partial charge in [-0.3, -0.25) is 4.99 Å². The Balaban J connectivity index is 2.79. The largest absolute Gasteiger partial charge is 0.378 e. The van der Waals surface area contributed by atoms with Gasteiger partial charge in [-0.15, -0.1) is 0 Å². The van der Waals surface area contributed by atoms with E-state index in [1.807, 2.05) is 24.3 Å². The minimum Gasteiger partial charge on any atom is -0.378 e. The summed E-state index contributed by atoms with van der Waals surface area (Å²) in [5.74, 6) is 0. The molecule has 0 amide bonds. The van der Waals surface area contributed by atoms with Gasteiger partial charge in [-0.05, 0) is 23.9 Å². The third-order valence-electron chi connectivity index (χ3n) is 1.47. The number of pyridine rings is 1. The number of nitrogens with two attached hydrogens (primary N) is 1. The van der Waals surface area contributed by atoms with Gasteiger partial charge in [0, 0.05) is 7.05 Å². The number of rotatable bonds is 2. The molecule has 1 rings (SSSR count). The number of nitriles is 1. The van der Waals surface area contributed by atoms with Crippen molar-refractivity contribution in [3.63, 3.8) is 0 Å². The molecule has 5 heteroatoms. The molecule has 0 atom stereocenters. The summed E-state index contributed by atoms with van der Waals surface area (Å²) in [6.45, 7) is 0. The average Bonchev–Trinajstić information content (AvgIpc) is 2.19. The van der Waals surface area contributed by atoms with Crippen LogP contribution in [-0.4, -0.2) is 17.2 Å². The first-order valence-corrected chi connectivity index (χ1v) is 4.81. The van der Waals surface area contributed by atoms with Crippen LogP contribution in [-0.2, 0) is 6.42 Å². The van der Waals surface area contributed by atoms with Crippen LogP contribution in [0.2, 0.25) is 0 Å². The molecule has 0 saturated heterocycles. The average molecular weight is 206 g/mol. The van der Waals surface area contributed by atoms with Crippen molar-refractivity contribution < 1.29 is 0 Å². The summed E-state index contributed by atoms with van der Waals surface area (Å²) in [7, 11) is 1.63. The molecule has 0 fully saturated rings. The van der Waals surface area contributed by atoms with E-state index < -0.39 is 0 Å². The molecule has 4 nitrogen and oxygen atoms in total. The van der Waals surface area contributed by atoms with Gasteiger partial charge in [-0.1, -0.05) is 6.07 Å². The van der Waals surface area contributed by atoms with Gasteiger partial charge in [0.05, 0.1) is 18.2 Å². The zero-order valence-electron chi connectivity index (χ0n) is 7.77. The number of hydrogen-bond donors (Lipinski definition) is 1. The maximum atomic E-state index is 8.49. The third-order valence-corrected chi connectivity index (χ3v) is 2.30. The summed E-state index contributed by atoms with van der Waals surface area (Å²) in [5, 5.41) is 9.72. The summed E-state index contributed by atoms with van der Waals surface area (Å²) < 4.78 is 0. The predicted octanol–water partition coefficient (Wildman–Crippen LogP) is 1.18. The highest BCUT2D eigenvalue weighted by Gasteiger charge is 2.00. The maximum absolute atomic E-state index is 8.49. The number of nitrogens with zero attached hydrogens (tertiary/aromatic N) is 3. The molecule has 1 heterocycles. The fraction of sp³-hybridized carbons (Fsp3) is 0.222. The summed E-state index contributed by atoms with van der Waals surface area (Å²) in [6, 6.07) is 7.55. The van der Waals surface area contributed by atoms with Crippen molar-refractivity contribution in [2.45, 2.75) is 11.4 Å². The van der Waals surface area contributed by atoms with E-state index in [9.17, 15) is 0 Å². The fourth-order valence-corrected chi connectivity index (χ4v) is 1.46. The lowest BCUT2D eigenvalue weighted by Crippen LogP contribution is -2.06. The highest BCUT2D eigenvalue weighted by Crippen LogP contribution is 2.15. The topological polar surface area (TPSA) is 75.1 Å². The Labute approximate surface area is 86.9 Å². The Hall–Kier alpha value is -1.54. The van der Waals surface area contributed by atoms with Crippen LogP contribution in [0.5, 0.6) is 0 Å². The Bertz CT molecular complexity index is 381. The van der Waals surface area contributed by atoms with Crippen molar-refractivity contribution in [3.8, 4) is 6.07 Å². The Morgan fingerprint density at radius 3 is 3.14 bits per heavy atom. The van der Waals surface area contributed by atoms with Gasteiger partial charge in [-0.25, -0.2) is 4.98 Å². The van der Waals surface area contributed by atoms with E-state index in [1.54, 1.807) is 7.05 Å². The first-order valence-electron chi connectivity index (χ1n) is 3.99. The van der Waals surface area contributed by atoms with Crippen LogP contribution >= 0.6 is 11.8 Å². The van der Waals surface area contributed by atoms with Crippen LogP contribution in [0, 0.1) is 11.3 Å². The molecule has 0 radical (unpaired) electrons. The van der Waals surface area contributed by atoms with E-state index in [-0.39, 0.29) is 0 Å². The molecule has 0 unspecified atom stereocenters. The normalized spacial score (nSPS) is 11.0. The molecule has 0 saturated carbocycles. The summed E-state index contributed by atoms with van der Waals surface area (Å²) in [5.41, 5.74) is 6.29. The van der Waals surface area contributed by atoms with Crippen LogP contribution in [0.25, 0.3) is 0 Å². The van der Waals surface area contributed by atoms with Crippen LogP contribution < -0.4 is 5.73 Å². The molecule has 0 aliphatic rings. The number of thioether (sulfide) groups is 1. The van der Waals surface area contributed by atoms with Crippen LogP contribution in [0.3, 0.4) is 0 Å². The van der Waals surface area contributed by atoms with Gasteiger partial charge in [0.25, 0.3) is 0 Å². The van der Waals surface area contributed by atoms with Gasteiger partial charge >= 0.3 is 0 Å². The third kappa shape index (κ3) is 3.07. The van der Waals surface area contributed by atoms with Gasteiger partial charge in [-0.2, -0.15) is 5.26 Å². The van der Waals surface area contributed by atoms with E-state index in [2.05, 4.69) is 9.98 Å². The zero-order chi connectivity index (χ0) is 10.4. The predicted molar refractivity (Wildman–Crippen MR) is 57.0 cm³/mol. The van der Waals surface area contributed by atoms with Crippen molar-refractivity contribution >= 4 is 16.9 Å². The highest BCUT2D eigenvalue weighted by atomic mass is 32.2. The maximum Gasteiger partial charge on any atom is 0.160 e.